The van der Waals surface area contributed by atoms with Crippen LogP contribution in [0, 0.1) is 0 Å². The second-order valence-electron chi connectivity index (χ2n) is 4.19. The highest BCUT2D eigenvalue weighted by Crippen LogP contribution is 2.01. The van der Waals surface area contributed by atoms with Gasteiger partial charge in [0.15, 0.2) is 11.8 Å². The molecule has 22 heavy (non-hydrogen) atoms. The van der Waals surface area contributed by atoms with E-state index in [-0.39, 0.29) is 14.0 Å². The molecule has 0 radical (unpaired) electrons. The van der Waals surface area contributed by atoms with Crippen LogP contribution < -0.4 is 10.1 Å². The molecule has 2 rings (SSSR count). The molecule has 0 bridgehead atoms. The molecule has 1 N–H and O–H groups in total. The SMILES string of the molecule is C.C[n+]1ccccc1N=N/C=N/N=c1\ccccn1CCO. The average Bonchev–Trinajstić information content (AvgIpc) is 2.50. The van der Waals surface area contributed by atoms with Crippen molar-refractivity contribution in [1.82, 2.24) is 4.57 Å². The summed E-state index contributed by atoms with van der Waals surface area (Å²) in [6, 6.07) is 11.2. The van der Waals surface area contributed by atoms with Crippen LogP contribution in [0.3, 0.4) is 0 Å². The van der Waals surface area contributed by atoms with Gasteiger partial charge in [-0.3, -0.25) is 0 Å². The fourth-order valence-electron chi connectivity index (χ4n) is 1.67. The van der Waals surface area contributed by atoms with Crippen molar-refractivity contribution < 1.29 is 9.67 Å². The van der Waals surface area contributed by atoms with E-state index in [1.807, 2.05) is 54.3 Å². The molecular formula is C15H21N6O+. The summed E-state index contributed by atoms with van der Waals surface area (Å²) in [5.74, 6) is 0.721. The van der Waals surface area contributed by atoms with Gasteiger partial charge in [0.2, 0.25) is 0 Å². The van der Waals surface area contributed by atoms with Gasteiger partial charge in [-0.2, -0.15) is 0 Å². The van der Waals surface area contributed by atoms with Gasteiger partial charge in [-0.05, 0) is 23.3 Å². The Balaban J connectivity index is 0.00000242. The van der Waals surface area contributed by atoms with Gasteiger partial charge in [-0.25, -0.2) is 4.57 Å². The molecule has 0 aliphatic rings. The van der Waals surface area contributed by atoms with Crippen molar-refractivity contribution >= 4 is 12.2 Å². The van der Waals surface area contributed by atoms with Crippen molar-refractivity contribution in [2.24, 2.45) is 27.5 Å². The van der Waals surface area contributed by atoms with Gasteiger partial charge >= 0.3 is 5.82 Å². The number of aromatic nitrogens is 2. The quantitative estimate of drug-likeness (QED) is 0.294. The summed E-state index contributed by atoms with van der Waals surface area (Å²) in [5.41, 5.74) is 0.642. The topological polar surface area (TPSA) is 78.5 Å². The molecule has 0 saturated heterocycles. The number of nitrogens with zero attached hydrogens (tertiary/aromatic N) is 6. The zero-order chi connectivity index (χ0) is 14.9. The predicted molar refractivity (Wildman–Crippen MR) is 84.4 cm³/mol. The molecule has 0 amide bonds. The molecule has 0 unspecified atom stereocenters. The van der Waals surface area contributed by atoms with Gasteiger partial charge in [-0.1, -0.05) is 19.6 Å². The smallest absolute Gasteiger partial charge is 0.350 e. The molecule has 0 spiro atoms. The summed E-state index contributed by atoms with van der Waals surface area (Å²) in [6.45, 7) is 0.516. The Morgan fingerprint density at radius 3 is 2.82 bits per heavy atom. The lowest BCUT2D eigenvalue weighted by atomic mass is 10.4. The van der Waals surface area contributed by atoms with Crippen molar-refractivity contribution in [2.75, 3.05) is 6.61 Å². The Morgan fingerprint density at radius 2 is 2.05 bits per heavy atom. The van der Waals surface area contributed by atoms with Gasteiger partial charge < -0.3 is 9.67 Å². The normalized spacial score (nSPS) is 12.0. The Kier molecular flexibility index (Phi) is 7.35. The zero-order valence-electron chi connectivity index (χ0n) is 11.7. The number of hydrogen-bond acceptors (Lipinski definition) is 4. The van der Waals surface area contributed by atoms with E-state index in [1.165, 1.54) is 6.34 Å². The average molecular weight is 301 g/mol. The number of aliphatic hydroxyl groups excluding tert-OH is 1. The fraction of sp³-hybridized carbons (Fsp3) is 0.267. The number of aryl methyl sites for hydroxylation is 1. The lowest BCUT2D eigenvalue weighted by Gasteiger charge is -2.02. The molecule has 0 aliphatic carbocycles. The Hall–Kier alpha value is -2.67. The summed E-state index contributed by atoms with van der Waals surface area (Å²) in [7, 11) is 1.89. The summed E-state index contributed by atoms with van der Waals surface area (Å²) in [4.78, 5) is 0. The number of azo groups is 1. The first-order chi connectivity index (χ1) is 10.3. The zero-order valence-corrected chi connectivity index (χ0v) is 11.7. The van der Waals surface area contributed by atoms with Crippen LogP contribution >= 0.6 is 0 Å². The van der Waals surface area contributed by atoms with E-state index in [0.29, 0.717) is 12.0 Å². The van der Waals surface area contributed by atoms with Crippen LogP contribution in [-0.4, -0.2) is 22.6 Å². The maximum Gasteiger partial charge on any atom is 0.350 e. The van der Waals surface area contributed by atoms with Crippen LogP contribution in [-0.2, 0) is 13.6 Å². The number of hydrogen-bond donors (Lipinski definition) is 1. The van der Waals surface area contributed by atoms with E-state index in [1.54, 1.807) is 10.6 Å². The summed E-state index contributed by atoms with van der Waals surface area (Å²) >= 11 is 0. The first kappa shape index (κ1) is 17.4. The predicted octanol–water partition coefficient (Wildman–Crippen LogP) is 1.57. The van der Waals surface area contributed by atoms with Crippen molar-refractivity contribution in [3.63, 3.8) is 0 Å². The van der Waals surface area contributed by atoms with Gasteiger partial charge in [0.05, 0.1) is 25.0 Å². The highest BCUT2D eigenvalue weighted by molar-refractivity contribution is 5.54. The van der Waals surface area contributed by atoms with Crippen LogP contribution in [0.5, 0.6) is 0 Å². The van der Waals surface area contributed by atoms with Gasteiger partial charge in [0.1, 0.15) is 0 Å². The first-order valence-corrected chi connectivity index (χ1v) is 6.48. The molecule has 2 heterocycles. The molecule has 0 fully saturated rings. The molecule has 7 nitrogen and oxygen atoms in total. The third-order valence-corrected chi connectivity index (χ3v) is 2.71. The van der Waals surface area contributed by atoms with Crippen molar-refractivity contribution in [3.8, 4) is 0 Å². The molecule has 0 aliphatic heterocycles. The maximum atomic E-state index is 8.97. The molecule has 2 aromatic rings. The summed E-state index contributed by atoms with van der Waals surface area (Å²) < 4.78 is 3.65. The molecule has 0 atom stereocenters. The first-order valence-electron chi connectivity index (χ1n) is 6.48. The highest BCUT2D eigenvalue weighted by atomic mass is 16.3. The minimum Gasteiger partial charge on any atom is -0.395 e. The molecule has 2 aromatic heterocycles. The number of aliphatic hydroxyl groups is 1. The van der Waals surface area contributed by atoms with Crippen molar-refractivity contribution in [3.05, 3.63) is 54.3 Å². The fourth-order valence-corrected chi connectivity index (χ4v) is 1.67. The monoisotopic (exact) mass is 301 g/mol. The van der Waals surface area contributed by atoms with Crippen LogP contribution in [0.15, 0.2) is 69.2 Å². The van der Waals surface area contributed by atoms with E-state index in [4.69, 9.17) is 5.11 Å². The highest BCUT2D eigenvalue weighted by Gasteiger charge is 2.01. The molecule has 0 aromatic carbocycles. The van der Waals surface area contributed by atoms with Gasteiger partial charge in [0.25, 0.3) is 0 Å². The summed E-state index contributed by atoms with van der Waals surface area (Å²) in [5, 5.41) is 24.7. The summed E-state index contributed by atoms with van der Waals surface area (Å²) in [6.07, 6.45) is 5.00. The largest absolute Gasteiger partial charge is 0.395 e. The maximum absolute atomic E-state index is 8.97. The van der Waals surface area contributed by atoms with Crippen molar-refractivity contribution in [1.29, 1.82) is 0 Å². The van der Waals surface area contributed by atoms with Gasteiger partial charge in [-0.15, -0.1) is 10.2 Å². The molecule has 116 valence electrons. The second-order valence-corrected chi connectivity index (χ2v) is 4.19. The third kappa shape index (κ3) is 5.02. The molecule has 7 heteroatoms. The van der Waals surface area contributed by atoms with Crippen LogP contribution in [0.1, 0.15) is 7.43 Å². The Labute approximate surface area is 129 Å². The molecular weight excluding hydrogens is 280 g/mol. The Bertz CT molecular complexity index is 705. The minimum absolute atomic E-state index is 0. The van der Waals surface area contributed by atoms with E-state index in [9.17, 15) is 0 Å². The lowest BCUT2D eigenvalue weighted by molar-refractivity contribution is -0.658. The third-order valence-electron chi connectivity index (χ3n) is 2.71. The van der Waals surface area contributed by atoms with Crippen LogP contribution in [0.4, 0.5) is 5.82 Å². The van der Waals surface area contributed by atoms with Crippen molar-refractivity contribution in [2.45, 2.75) is 14.0 Å². The van der Waals surface area contributed by atoms with Gasteiger partial charge in [0, 0.05) is 18.8 Å². The lowest BCUT2D eigenvalue weighted by Crippen LogP contribution is -2.26. The van der Waals surface area contributed by atoms with E-state index < -0.39 is 0 Å². The van der Waals surface area contributed by atoms with Crippen LogP contribution in [0.2, 0.25) is 0 Å². The Morgan fingerprint density at radius 1 is 1.23 bits per heavy atom. The van der Waals surface area contributed by atoms with Crippen LogP contribution in [0.25, 0.3) is 0 Å². The number of rotatable bonds is 5. The second kappa shape index (κ2) is 9.30. The van der Waals surface area contributed by atoms with E-state index >= 15 is 0 Å². The standard InChI is InChI=1S/C14H17N6O.CH4/c1-19-8-4-2-6-13(19)17-15-12-16-18-14-7-3-5-9-20(14)10-11-21;/h2-9,12,21H,10-11H2,1H3;1H4/q+1;. The van der Waals surface area contributed by atoms with E-state index in [0.717, 1.165) is 5.82 Å². The molecule has 0 saturated carbocycles. The minimum atomic E-state index is 0. The number of pyridine rings is 2. The van der Waals surface area contributed by atoms with E-state index in [2.05, 4.69) is 20.4 Å².